The first-order valence-corrected chi connectivity index (χ1v) is 15.1. The van der Waals surface area contributed by atoms with Gasteiger partial charge in [-0.15, -0.1) is 0 Å². The fourth-order valence-corrected chi connectivity index (χ4v) is 6.21. The standard InChI is InChI=1S/C34H40N4O3/c1-25-10-12-28(35-33(39)27-8-7-9-29(22-27)37-17-3-2-4-18-37)23-32(25)38-19-14-26-11-13-30(24-31(26)34(38)40)41-21-20-36-15-5-6-16-36/h7-11,13-14,19,22-24,28H,2-6,12,15-18,20-21H2,1H3,(H,35,39). The lowest BCUT2D eigenvalue weighted by Crippen LogP contribution is -2.35. The molecule has 7 nitrogen and oxygen atoms in total. The largest absolute Gasteiger partial charge is 0.492 e. The molecule has 2 aliphatic heterocycles. The summed E-state index contributed by atoms with van der Waals surface area (Å²) in [5, 5.41) is 4.69. The minimum Gasteiger partial charge on any atom is -0.492 e. The number of anilines is 1. The highest BCUT2D eigenvalue weighted by Gasteiger charge is 2.20. The first-order chi connectivity index (χ1) is 20.0. The molecule has 214 valence electrons. The van der Waals surface area contributed by atoms with E-state index in [0.29, 0.717) is 29.7 Å². The lowest BCUT2D eigenvalue weighted by Gasteiger charge is -2.29. The number of fused-ring (bicyclic) bond motifs is 1. The third kappa shape index (κ3) is 6.25. The normalized spacial score (nSPS) is 19.6. The second-order valence-corrected chi connectivity index (χ2v) is 11.5. The van der Waals surface area contributed by atoms with Crippen LogP contribution in [0.1, 0.15) is 55.8 Å². The Balaban J connectivity index is 1.18. The highest BCUT2D eigenvalue weighted by molar-refractivity contribution is 5.95. The van der Waals surface area contributed by atoms with Crippen LogP contribution >= 0.6 is 0 Å². The Hall–Kier alpha value is -3.84. The maximum atomic E-state index is 13.7. The van der Waals surface area contributed by atoms with Gasteiger partial charge >= 0.3 is 0 Å². The average molecular weight is 553 g/mol. The summed E-state index contributed by atoms with van der Waals surface area (Å²) in [5.41, 5.74) is 3.50. The molecule has 1 amide bonds. The summed E-state index contributed by atoms with van der Waals surface area (Å²) < 4.78 is 7.71. The van der Waals surface area contributed by atoms with E-state index in [1.807, 2.05) is 61.7 Å². The Kier molecular flexibility index (Phi) is 8.23. The van der Waals surface area contributed by atoms with Crippen molar-refractivity contribution in [3.05, 3.63) is 88.4 Å². The van der Waals surface area contributed by atoms with Gasteiger partial charge in [0.1, 0.15) is 12.4 Å². The first-order valence-electron chi connectivity index (χ1n) is 15.1. The fourth-order valence-electron chi connectivity index (χ4n) is 6.21. The number of carbonyl (C=O) groups excluding carboxylic acids is 1. The van der Waals surface area contributed by atoms with Crippen molar-refractivity contribution in [2.75, 3.05) is 44.2 Å². The molecule has 2 saturated heterocycles. The Bertz CT molecular complexity index is 1530. The Morgan fingerprint density at radius 1 is 0.976 bits per heavy atom. The van der Waals surface area contributed by atoms with Crippen molar-refractivity contribution in [1.29, 1.82) is 0 Å². The van der Waals surface area contributed by atoms with Crippen molar-refractivity contribution < 1.29 is 9.53 Å². The number of allylic oxidation sites excluding steroid dienone is 2. The molecule has 3 heterocycles. The SMILES string of the molecule is CC1=CCC(NC(=O)c2cccc(N3CCCCC3)c2)C=C1n1ccc2ccc(OCCN3CCCC3)cc2c1=O. The highest BCUT2D eigenvalue weighted by Crippen LogP contribution is 2.25. The van der Waals surface area contributed by atoms with Crippen molar-refractivity contribution in [3.8, 4) is 5.75 Å². The van der Waals surface area contributed by atoms with Gasteiger partial charge in [0.15, 0.2) is 0 Å². The fraction of sp³-hybridized carbons (Fsp3) is 0.412. The Morgan fingerprint density at radius 3 is 2.61 bits per heavy atom. The molecular formula is C34H40N4O3. The second-order valence-electron chi connectivity index (χ2n) is 11.5. The average Bonchev–Trinajstić information content (AvgIpc) is 3.53. The van der Waals surface area contributed by atoms with Gasteiger partial charge in [-0.1, -0.05) is 18.2 Å². The van der Waals surface area contributed by atoms with Crippen LogP contribution in [0.3, 0.4) is 0 Å². The summed E-state index contributed by atoms with van der Waals surface area (Å²) in [6.45, 7) is 7.89. The van der Waals surface area contributed by atoms with Crippen molar-refractivity contribution in [2.24, 2.45) is 0 Å². The molecular weight excluding hydrogens is 512 g/mol. The molecule has 0 spiro atoms. The van der Waals surface area contributed by atoms with Crippen molar-refractivity contribution in [2.45, 2.75) is 51.5 Å². The van der Waals surface area contributed by atoms with Gasteiger partial charge in [0.2, 0.25) is 0 Å². The number of piperidine rings is 1. The maximum Gasteiger partial charge on any atom is 0.263 e. The molecule has 7 heteroatoms. The molecule has 1 unspecified atom stereocenters. The van der Waals surface area contributed by atoms with Gasteiger partial charge in [0.25, 0.3) is 11.5 Å². The highest BCUT2D eigenvalue weighted by atomic mass is 16.5. The van der Waals surface area contributed by atoms with E-state index < -0.39 is 0 Å². The van der Waals surface area contributed by atoms with E-state index in [0.717, 1.165) is 55.1 Å². The van der Waals surface area contributed by atoms with Gasteiger partial charge in [0.05, 0.1) is 11.4 Å². The van der Waals surface area contributed by atoms with E-state index >= 15 is 0 Å². The second kappa shape index (κ2) is 12.4. The number of likely N-dealkylation sites (tertiary alicyclic amines) is 1. The molecule has 2 fully saturated rings. The van der Waals surface area contributed by atoms with E-state index in [9.17, 15) is 9.59 Å². The minimum absolute atomic E-state index is 0.0901. The molecule has 1 atom stereocenters. The molecule has 1 aliphatic carbocycles. The lowest BCUT2D eigenvalue weighted by molar-refractivity contribution is 0.0944. The number of hydrogen-bond donors (Lipinski definition) is 1. The molecule has 0 saturated carbocycles. The summed E-state index contributed by atoms with van der Waals surface area (Å²) in [6.07, 6.45) is 12.8. The predicted octanol–water partition coefficient (Wildman–Crippen LogP) is 5.46. The van der Waals surface area contributed by atoms with Crippen molar-refractivity contribution in [1.82, 2.24) is 14.8 Å². The van der Waals surface area contributed by atoms with E-state index in [1.54, 1.807) is 4.57 Å². The summed E-state index contributed by atoms with van der Waals surface area (Å²) in [6, 6.07) is 15.4. The number of hydrogen-bond acceptors (Lipinski definition) is 5. The van der Waals surface area contributed by atoms with E-state index in [4.69, 9.17) is 4.74 Å². The zero-order chi connectivity index (χ0) is 28.2. The topological polar surface area (TPSA) is 66.8 Å². The summed E-state index contributed by atoms with van der Waals surface area (Å²) in [4.78, 5) is 31.7. The molecule has 41 heavy (non-hydrogen) atoms. The van der Waals surface area contributed by atoms with Crippen LogP contribution in [0.25, 0.3) is 16.5 Å². The molecule has 3 aliphatic rings. The zero-order valence-corrected chi connectivity index (χ0v) is 24.0. The molecule has 0 radical (unpaired) electrons. The number of amides is 1. The summed E-state index contributed by atoms with van der Waals surface area (Å²) in [5.74, 6) is 0.618. The van der Waals surface area contributed by atoms with Crippen LogP contribution in [-0.4, -0.2) is 60.7 Å². The van der Waals surface area contributed by atoms with Gasteiger partial charge in [-0.05, 0) is 112 Å². The Morgan fingerprint density at radius 2 is 1.78 bits per heavy atom. The minimum atomic E-state index is -0.206. The Labute approximate surface area is 242 Å². The van der Waals surface area contributed by atoms with Crippen molar-refractivity contribution in [3.63, 3.8) is 0 Å². The van der Waals surface area contributed by atoms with Crippen LogP contribution in [0.5, 0.6) is 5.75 Å². The number of ether oxygens (including phenoxy) is 1. The monoisotopic (exact) mass is 552 g/mol. The number of nitrogens with one attached hydrogen (secondary N) is 1. The predicted molar refractivity (Wildman–Crippen MR) is 166 cm³/mol. The number of aromatic nitrogens is 1. The van der Waals surface area contributed by atoms with E-state index in [2.05, 4.69) is 27.3 Å². The van der Waals surface area contributed by atoms with Crippen LogP contribution in [-0.2, 0) is 0 Å². The molecule has 3 aromatic rings. The molecule has 1 aromatic heterocycles. The van der Waals surface area contributed by atoms with Gasteiger partial charge in [-0.3, -0.25) is 19.1 Å². The van der Waals surface area contributed by atoms with Gasteiger partial charge in [-0.2, -0.15) is 0 Å². The quantitative estimate of drug-likeness (QED) is 0.402. The molecule has 1 N–H and O–H groups in total. The number of rotatable bonds is 8. The smallest absolute Gasteiger partial charge is 0.263 e. The lowest BCUT2D eigenvalue weighted by atomic mass is 9.99. The van der Waals surface area contributed by atoms with E-state index in [1.165, 1.54) is 32.1 Å². The maximum absolute atomic E-state index is 13.7. The number of carbonyl (C=O) groups is 1. The van der Waals surface area contributed by atoms with Gasteiger partial charge < -0.3 is 15.0 Å². The van der Waals surface area contributed by atoms with Gasteiger partial charge in [0, 0.05) is 42.8 Å². The van der Waals surface area contributed by atoms with Crippen LogP contribution in [0.4, 0.5) is 5.69 Å². The molecule has 2 aromatic carbocycles. The summed E-state index contributed by atoms with van der Waals surface area (Å²) >= 11 is 0. The third-order valence-electron chi connectivity index (χ3n) is 8.60. The molecule has 6 rings (SSSR count). The first kappa shape index (κ1) is 27.3. The van der Waals surface area contributed by atoms with Gasteiger partial charge in [-0.25, -0.2) is 0 Å². The summed E-state index contributed by atoms with van der Waals surface area (Å²) in [7, 11) is 0. The number of benzene rings is 2. The van der Waals surface area contributed by atoms with Crippen LogP contribution < -0.4 is 20.5 Å². The zero-order valence-electron chi connectivity index (χ0n) is 24.0. The third-order valence-corrected chi connectivity index (χ3v) is 8.60. The van der Waals surface area contributed by atoms with Crippen LogP contribution in [0, 0.1) is 0 Å². The van der Waals surface area contributed by atoms with Crippen molar-refractivity contribution >= 4 is 28.1 Å². The number of pyridine rings is 1. The van der Waals surface area contributed by atoms with Crippen LogP contribution in [0.2, 0.25) is 0 Å². The number of nitrogens with zero attached hydrogens (tertiary/aromatic N) is 3. The molecule has 0 bridgehead atoms. The van der Waals surface area contributed by atoms with E-state index in [-0.39, 0.29) is 17.5 Å². The van der Waals surface area contributed by atoms with Crippen LogP contribution in [0.15, 0.2) is 77.2 Å².